The first-order valence-corrected chi connectivity index (χ1v) is 6.64. The molecule has 1 heteroatoms. The van der Waals surface area contributed by atoms with Gasteiger partial charge in [-0.15, -0.1) is 0 Å². The van der Waals surface area contributed by atoms with Gasteiger partial charge < -0.3 is 0 Å². The molecule has 85 valence electrons. The lowest BCUT2D eigenvalue weighted by atomic mass is 9.86. The second-order valence-electron chi connectivity index (χ2n) is 5.92. The van der Waals surface area contributed by atoms with E-state index in [4.69, 9.17) is 0 Å². The molecule has 0 aliphatic rings. The predicted molar refractivity (Wildman–Crippen MR) is 69.6 cm³/mol. The summed E-state index contributed by atoms with van der Waals surface area (Å²) in [6.07, 6.45) is 5.16. The van der Waals surface area contributed by atoms with Crippen molar-refractivity contribution in [3.63, 3.8) is 0 Å². The van der Waals surface area contributed by atoms with E-state index in [0.717, 1.165) is 0 Å². The van der Waals surface area contributed by atoms with Gasteiger partial charge >= 0.3 is 0 Å². The second-order valence-corrected chi connectivity index (χ2v) is 7.60. The number of hydrogen-bond donors (Lipinski definition) is 0. The molecule has 0 N–H and O–H groups in total. The SMILES string of the molecule is CCCC[CH]SC(C)(C)CC(C)(C)C. The summed E-state index contributed by atoms with van der Waals surface area (Å²) >= 11 is 2.02. The third kappa shape index (κ3) is 8.93. The van der Waals surface area contributed by atoms with Crippen molar-refractivity contribution < 1.29 is 0 Å². The normalized spacial score (nSPS) is 13.3. The first-order valence-electron chi connectivity index (χ1n) is 5.76. The van der Waals surface area contributed by atoms with Crippen LogP contribution in [0, 0.1) is 11.2 Å². The Hall–Kier alpha value is 0.350. The molecule has 0 aromatic rings. The van der Waals surface area contributed by atoms with E-state index >= 15 is 0 Å². The van der Waals surface area contributed by atoms with Crippen LogP contribution in [0.3, 0.4) is 0 Å². The molecule has 0 rings (SSSR count). The maximum absolute atomic E-state index is 2.40. The number of unbranched alkanes of at least 4 members (excludes halogenated alkanes) is 2. The molecule has 0 aromatic carbocycles. The van der Waals surface area contributed by atoms with Crippen LogP contribution in [-0.4, -0.2) is 4.75 Å². The van der Waals surface area contributed by atoms with Crippen LogP contribution in [0.15, 0.2) is 0 Å². The molecule has 14 heavy (non-hydrogen) atoms. The zero-order chi connectivity index (χ0) is 11.2. The highest BCUT2D eigenvalue weighted by Crippen LogP contribution is 2.38. The van der Waals surface area contributed by atoms with Crippen molar-refractivity contribution in [2.75, 3.05) is 0 Å². The van der Waals surface area contributed by atoms with E-state index in [1.807, 2.05) is 11.8 Å². The summed E-state index contributed by atoms with van der Waals surface area (Å²) in [5.41, 5.74) is 0.440. The number of rotatable bonds is 6. The fraction of sp³-hybridized carbons (Fsp3) is 0.923. The molecule has 0 bridgehead atoms. The molecule has 0 heterocycles. The van der Waals surface area contributed by atoms with Crippen LogP contribution in [0.1, 0.15) is 67.2 Å². The van der Waals surface area contributed by atoms with Crippen molar-refractivity contribution in [2.45, 2.75) is 72.0 Å². The molecule has 0 fully saturated rings. The third-order valence-electron chi connectivity index (χ3n) is 2.03. The monoisotopic (exact) mass is 215 g/mol. The maximum Gasteiger partial charge on any atom is 0.0172 e. The minimum Gasteiger partial charge on any atom is -0.151 e. The van der Waals surface area contributed by atoms with Gasteiger partial charge in [0.25, 0.3) is 0 Å². The average Bonchev–Trinajstić information content (AvgIpc) is 1.93. The molecule has 0 atom stereocenters. The molecule has 0 nitrogen and oxygen atoms in total. The van der Waals surface area contributed by atoms with E-state index in [9.17, 15) is 0 Å². The van der Waals surface area contributed by atoms with Crippen LogP contribution in [0.25, 0.3) is 0 Å². The van der Waals surface area contributed by atoms with Crippen molar-refractivity contribution in [3.05, 3.63) is 5.75 Å². The predicted octanol–water partition coefficient (Wildman–Crippen LogP) is 5.29. The first kappa shape index (κ1) is 14.3. The van der Waals surface area contributed by atoms with Gasteiger partial charge in [-0.1, -0.05) is 54.4 Å². The summed E-state index contributed by atoms with van der Waals surface area (Å²) in [4.78, 5) is 0. The zero-order valence-electron chi connectivity index (χ0n) is 10.8. The Morgan fingerprint density at radius 3 is 2.07 bits per heavy atom. The van der Waals surface area contributed by atoms with Gasteiger partial charge in [0.1, 0.15) is 0 Å². The van der Waals surface area contributed by atoms with Crippen molar-refractivity contribution >= 4 is 11.8 Å². The smallest absolute Gasteiger partial charge is 0.0172 e. The Labute approximate surface area is 95.2 Å². The van der Waals surface area contributed by atoms with Crippen LogP contribution >= 0.6 is 11.8 Å². The largest absolute Gasteiger partial charge is 0.151 e. The van der Waals surface area contributed by atoms with Crippen LogP contribution in [0.5, 0.6) is 0 Å². The van der Waals surface area contributed by atoms with Crippen LogP contribution < -0.4 is 0 Å². The van der Waals surface area contributed by atoms with E-state index in [0.29, 0.717) is 10.2 Å². The van der Waals surface area contributed by atoms with Gasteiger partial charge in [0.05, 0.1) is 0 Å². The molecule has 0 aliphatic heterocycles. The van der Waals surface area contributed by atoms with Gasteiger partial charge in [0.15, 0.2) is 0 Å². The molecule has 1 radical (unpaired) electrons. The van der Waals surface area contributed by atoms with Crippen molar-refractivity contribution in [1.82, 2.24) is 0 Å². The van der Waals surface area contributed by atoms with E-state index in [-0.39, 0.29) is 0 Å². The van der Waals surface area contributed by atoms with Crippen LogP contribution in [-0.2, 0) is 0 Å². The number of thioether (sulfide) groups is 1. The Bertz CT molecular complexity index is 142. The maximum atomic E-state index is 2.40. The fourth-order valence-electron chi connectivity index (χ4n) is 1.89. The molecule has 0 saturated heterocycles. The first-order chi connectivity index (χ1) is 6.27. The summed E-state index contributed by atoms with van der Waals surface area (Å²) in [5, 5.41) is 0. The van der Waals surface area contributed by atoms with Crippen molar-refractivity contribution in [3.8, 4) is 0 Å². The summed E-state index contributed by atoms with van der Waals surface area (Å²) in [5.74, 6) is 2.40. The van der Waals surface area contributed by atoms with E-state index < -0.39 is 0 Å². The van der Waals surface area contributed by atoms with Gasteiger partial charge in [-0.3, -0.25) is 0 Å². The second kappa shape index (κ2) is 6.05. The molecule has 0 saturated carbocycles. The number of hydrogen-bond acceptors (Lipinski definition) is 1. The molecule has 0 aliphatic carbocycles. The van der Waals surface area contributed by atoms with E-state index in [1.165, 1.54) is 25.7 Å². The minimum atomic E-state index is 0.395. The zero-order valence-corrected chi connectivity index (χ0v) is 11.6. The molecular weight excluding hydrogens is 188 g/mol. The highest BCUT2D eigenvalue weighted by molar-refractivity contribution is 8.02. The molecule has 0 unspecified atom stereocenters. The Morgan fingerprint density at radius 2 is 1.64 bits per heavy atom. The Kier molecular flexibility index (Phi) is 6.20. The standard InChI is InChI=1S/C13H27S/c1-7-8-9-10-14-13(5,6)11-12(2,3)4/h10H,7-9,11H2,1-6H3. The lowest BCUT2D eigenvalue weighted by Crippen LogP contribution is -2.23. The summed E-state index contributed by atoms with van der Waals surface area (Å²) in [7, 11) is 0. The Morgan fingerprint density at radius 1 is 1.07 bits per heavy atom. The Balaban J connectivity index is 3.72. The molecule has 0 spiro atoms. The van der Waals surface area contributed by atoms with Gasteiger partial charge in [0, 0.05) is 10.5 Å². The fourth-order valence-corrected chi connectivity index (χ4v) is 3.14. The van der Waals surface area contributed by atoms with Gasteiger partial charge in [0.2, 0.25) is 0 Å². The van der Waals surface area contributed by atoms with Crippen LogP contribution in [0.2, 0.25) is 0 Å². The third-order valence-corrected chi connectivity index (χ3v) is 3.22. The van der Waals surface area contributed by atoms with Gasteiger partial charge in [-0.05, 0) is 18.3 Å². The van der Waals surface area contributed by atoms with Gasteiger partial charge in [-0.2, -0.15) is 11.8 Å². The highest BCUT2D eigenvalue weighted by atomic mass is 32.2. The van der Waals surface area contributed by atoms with Crippen molar-refractivity contribution in [2.24, 2.45) is 5.41 Å². The molecule has 0 aromatic heterocycles. The lowest BCUT2D eigenvalue weighted by Gasteiger charge is -2.31. The van der Waals surface area contributed by atoms with Crippen LogP contribution in [0.4, 0.5) is 0 Å². The molecular formula is C13H27S. The lowest BCUT2D eigenvalue weighted by molar-refractivity contribution is 0.339. The summed E-state index contributed by atoms with van der Waals surface area (Å²) in [6, 6.07) is 0. The highest BCUT2D eigenvalue weighted by Gasteiger charge is 2.25. The minimum absolute atomic E-state index is 0.395. The average molecular weight is 215 g/mol. The topological polar surface area (TPSA) is 0 Å². The summed E-state index contributed by atoms with van der Waals surface area (Å²) in [6.45, 7) is 13.9. The van der Waals surface area contributed by atoms with Crippen molar-refractivity contribution in [1.29, 1.82) is 0 Å². The van der Waals surface area contributed by atoms with E-state index in [1.54, 1.807) is 0 Å². The summed E-state index contributed by atoms with van der Waals surface area (Å²) < 4.78 is 0.395. The molecule has 0 amide bonds. The quantitative estimate of drug-likeness (QED) is 0.543. The van der Waals surface area contributed by atoms with Gasteiger partial charge in [-0.25, -0.2) is 0 Å². The van der Waals surface area contributed by atoms with E-state index in [2.05, 4.69) is 47.3 Å².